The van der Waals surface area contributed by atoms with Crippen LogP contribution in [-0.2, 0) is 16.1 Å². The van der Waals surface area contributed by atoms with Gasteiger partial charge in [-0.2, -0.15) is 0 Å². The molecule has 1 heterocycles. The number of rotatable bonds is 7. The molecule has 27 heavy (non-hydrogen) atoms. The summed E-state index contributed by atoms with van der Waals surface area (Å²) in [5, 5.41) is 3.76. The summed E-state index contributed by atoms with van der Waals surface area (Å²) in [5.41, 5.74) is 2.83. The van der Waals surface area contributed by atoms with E-state index in [2.05, 4.69) is 10.3 Å². The van der Waals surface area contributed by atoms with Crippen LogP contribution in [0.1, 0.15) is 10.6 Å². The van der Waals surface area contributed by atoms with Gasteiger partial charge in [-0.15, -0.1) is 23.1 Å². The lowest BCUT2D eigenvalue weighted by molar-refractivity contribution is -0.127. The minimum atomic E-state index is -0.104. The first-order valence-electron chi connectivity index (χ1n) is 8.54. The molecule has 2 aromatic carbocycles. The summed E-state index contributed by atoms with van der Waals surface area (Å²) in [5.74, 6) is 0.395. The maximum atomic E-state index is 12.3. The molecule has 0 aliphatic heterocycles. The van der Waals surface area contributed by atoms with Crippen molar-refractivity contribution in [2.45, 2.75) is 13.5 Å². The number of nitrogens with one attached hydrogen (secondary N) is 1. The third-order valence-electron chi connectivity index (χ3n) is 3.90. The molecule has 0 saturated carbocycles. The number of fused-ring (bicyclic) bond motifs is 1. The lowest BCUT2D eigenvalue weighted by Gasteiger charge is -2.15. The van der Waals surface area contributed by atoms with Crippen molar-refractivity contribution in [3.8, 4) is 0 Å². The van der Waals surface area contributed by atoms with E-state index in [-0.39, 0.29) is 23.3 Å². The molecule has 2 amide bonds. The van der Waals surface area contributed by atoms with Gasteiger partial charge in [0.1, 0.15) is 5.01 Å². The molecule has 1 aromatic heterocycles. The second-order valence-corrected chi connectivity index (χ2v) is 8.34. The molecule has 5 nitrogen and oxygen atoms in total. The highest BCUT2D eigenvalue weighted by atomic mass is 32.2. The minimum absolute atomic E-state index is 0.0115. The number of hydrogen-bond donors (Lipinski definition) is 1. The maximum absolute atomic E-state index is 12.3. The Kier molecular flexibility index (Phi) is 6.47. The predicted molar refractivity (Wildman–Crippen MR) is 113 cm³/mol. The van der Waals surface area contributed by atoms with Gasteiger partial charge in [0.2, 0.25) is 11.8 Å². The number of amides is 2. The Morgan fingerprint density at radius 2 is 1.96 bits per heavy atom. The van der Waals surface area contributed by atoms with Gasteiger partial charge in [-0.25, -0.2) is 4.98 Å². The van der Waals surface area contributed by atoms with Crippen molar-refractivity contribution >= 4 is 50.8 Å². The average molecular weight is 400 g/mol. The topological polar surface area (TPSA) is 62.3 Å². The van der Waals surface area contributed by atoms with Crippen molar-refractivity contribution in [2.75, 3.05) is 23.9 Å². The molecule has 0 aliphatic carbocycles. The second kappa shape index (κ2) is 9.01. The Hall–Kier alpha value is -2.38. The quantitative estimate of drug-likeness (QED) is 0.654. The molecule has 3 rings (SSSR count). The summed E-state index contributed by atoms with van der Waals surface area (Å²) in [6.45, 7) is 2.46. The van der Waals surface area contributed by atoms with Crippen molar-refractivity contribution < 1.29 is 9.59 Å². The Morgan fingerprint density at radius 1 is 1.15 bits per heavy atom. The standard InChI is InChI=1S/C20H21N3O2S2/c1-14-6-5-7-15(10-14)21-18(24)12-26-13-20(25)23(2)11-19-22-16-8-3-4-9-17(16)27-19/h3-10H,11-13H2,1-2H3,(H,21,24). The number of thioether (sulfide) groups is 1. The van der Waals surface area contributed by atoms with E-state index >= 15 is 0 Å². The smallest absolute Gasteiger partial charge is 0.234 e. The fraction of sp³-hybridized carbons (Fsp3) is 0.250. The molecule has 1 N–H and O–H groups in total. The highest BCUT2D eigenvalue weighted by Gasteiger charge is 2.13. The molecule has 0 saturated heterocycles. The summed E-state index contributed by atoms with van der Waals surface area (Å²) >= 11 is 2.91. The van der Waals surface area contributed by atoms with Gasteiger partial charge in [0.15, 0.2) is 0 Å². The van der Waals surface area contributed by atoms with Crippen molar-refractivity contribution in [3.63, 3.8) is 0 Å². The van der Waals surface area contributed by atoms with E-state index in [9.17, 15) is 9.59 Å². The molecule has 0 aliphatic rings. The SMILES string of the molecule is Cc1cccc(NC(=O)CSCC(=O)N(C)Cc2nc3ccccc3s2)c1. The first kappa shape index (κ1) is 19.4. The second-order valence-electron chi connectivity index (χ2n) is 6.24. The fourth-order valence-corrected chi connectivity index (χ4v) is 4.32. The summed E-state index contributed by atoms with van der Waals surface area (Å²) < 4.78 is 1.12. The first-order valence-corrected chi connectivity index (χ1v) is 10.5. The number of carbonyl (C=O) groups excluding carboxylic acids is 2. The van der Waals surface area contributed by atoms with Gasteiger partial charge >= 0.3 is 0 Å². The van der Waals surface area contributed by atoms with Crippen molar-refractivity contribution in [2.24, 2.45) is 0 Å². The predicted octanol–water partition coefficient (Wildman–Crippen LogP) is 3.94. The Morgan fingerprint density at radius 3 is 2.74 bits per heavy atom. The van der Waals surface area contributed by atoms with E-state index in [1.807, 2.05) is 55.5 Å². The van der Waals surface area contributed by atoms with E-state index in [4.69, 9.17) is 0 Å². The Balaban J connectivity index is 1.43. The number of aromatic nitrogens is 1. The van der Waals surface area contributed by atoms with Crippen LogP contribution in [0.15, 0.2) is 48.5 Å². The molecule has 140 valence electrons. The number of aryl methyl sites for hydroxylation is 1. The maximum Gasteiger partial charge on any atom is 0.234 e. The Labute approximate surface area is 166 Å². The van der Waals surface area contributed by atoms with Crippen LogP contribution in [0.2, 0.25) is 0 Å². The average Bonchev–Trinajstić information content (AvgIpc) is 3.03. The van der Waals surface area contributed by atoms with Gasteiger partial charge in [0.05, 0.1) is 28.3 Å². The lowest BCUT2D eigenvalue weighted by Crippen LogP contribution is -2.28. The zero-order valence-corrected chi connectivity index (χ0v) is 16.9. The summed E-state index contributed by atoms with van der Waals surface area (Å²) in [4.78, 5) is 30.5. The number of thiazole rings is 1. The van der Waals surface area contributed by atoms with Crippen LogP contribution in [0.4, 0.5) is 5.69 Å². The van der Waals surface area contributed by atoms with Gasteiger partial charge in [0.25, 0.3) is 0 Å². The highest BCUT2D eigenvalue weighted by molar-refractivity contribution is 8.00. The van der Waals surface area contributed by atoms with E-state index < -0.39 is 0 Å². The molecule has 0 unspecified atom stereocenters. The summed E-state index contributed by atoms with van der Waals surface area (Å²) in [6.07, 6.45) is 0. The summed E-state index contributed by atoms with van der Waals surface area (Å²) in [6, 6.07) is 15.6. The van der Waals surface area contributed by atoms with Crippen LogP contribution >= 0.6 is 23.1 Å². The Bertz CT molecular complexity index is 922. The van der Waals surface area contributed by atoms with Gasteiger partial charge in [-0.3, -0.25) is 9.59 Å². The van der Waals surface area contributed by atoms with Crippen LogP contribution < -0.4 is 5.32 Å². The first-order chi connectivity index (χ1) is 13.0. The molecular formula is C20H21N3O2S2. The van der Waals surface area contributed by atoms with E-state index in [1.54, 1.807) is 23.3 Å². The molecule has 3 aromatic rings. The number of hydrogen-bond acceptors (Lipinski definition) is 5. The number of carbonyl (C=O) groups is 2. The van der Waals surface area contributed by atoms with Crippen LogP contribution in [0.25, 0.3) is 10.2 Å². The number of nitrogens with zero attached hydrogens (tertiary/aromatic N) is 2. The highest BCUT2D eigenvalue weighted by Crippen LogP contribution is 2.22. The zero-order valence-electron chi connectivity index (χ0n) is 15.3. The van der Waals surface area contributed by atoms with Crippen LogP contribution in [-0.4, -0.2) is 40.3 Å². The third-order valence-corrected chi connectivity index (χ3v) is 5.84. The molecule has 0 spiro atoms. The van der Waals surface area contributed by atoms with E-state index in [0.29, 0.717) is 6.54 Å². The number of anilines is 1. The van der Waals surface area contributed by atoms with Gasteiger partial charge in [-0.1, -0.05) is 24.3 Å². The molecular weight excluding hydrogens is 378 g/mol. The normalized spacial score (nSPS) is 10.7. The number of benzene rings is 2. The van der Waals surface area contributed by atoms with Gasteiger partial charge < -0.3 is 10.2 Å². The van der Waals surface area contributed by atoms with E-state index in [0.717, 1.165) is 26.5 Å². The van der Waals surface area contributed by atoms with E-state index in [1.165, 1.54) is 11.8 Å². The van der Waals surface area contributed by atoms with Gasteiger partial charge in [-0.05, 0) is 36.8 Å². The van der Waals surface area contributed by atoms with Crippen molar-refractivity contribution in [1.82, 2.24) is 9.88 Å². The van der Waals surface area contributed by atoms with Crippen molar-refractivity contribution in [3.05, 3.63) is 59.1 Å². The molecule has 0 bridgehead atoms. The molecule has 7 heteroatoms. The van der Waals surface area contributed by atoms with Crippen LogP contribution in [0.5, 0.6) is 0 Å². The lowest BCUT2D eigenvalue weighted by atomic mass is 10.2. The minimum Gasteiger partial charge on any atom is -0.338 e. The number of para-hydroxylation sites is 1. The van der Waals surface area contributed by atoms with Crippen molar-refractivity contribution in [1.29, 1.82) is 0 Å². The van der Waals surface area contributed by atoms with Crippen LogP contribution in [0, 0.1) is 6.92 Å². The third kappa shape index (κ3) is 5.55. The monoisotopic (exact) mass is 399 g/mol. The molecule has 0 radical (unpaired) electrons. The molecule has 0 atom stereocenters. The van der Waals surface area contributed by atoms with Crippen LogP contribution in [0.3, 0.4) is 0 Å². The van der Waals surface area contributed by atoms with Gasteiger partial charge in [0, 0.05) is 12.7 Å². The zero-order chi connectivity index (χ0) is 19.2. The molecule has 0 fully saturated rings. The summed E-state index contributed by atoms with van der Waals surface area (Å²) in [7, 11) is 1.77. The largest absolute Gasteiger partial charge is 0.338 e. The fourth-order valence-electron chi connectivity index (χ4n) is 2.54.